The fraction of sp³-hybridized carbons (Fsp3) is 0.364. The van der Waals surface area contributed by atoms with Gasteiger partial charge in [0.2, 0.25) is 6.41 Å². The maximum absolute atomic E-state index is 13.5. The Bertz CT molecular complexity index is 432. The minimum absolute atomic E-state index is 0.133. The average molecular weight is 246 g/mol. The van der Waals surface area contributed by atoms with Gasteiger partial charge in [0, 0.05) is 11.1 Å². The minimum atomic E-state index is -0.639. The number of amides is 1. The van der Waals surface area contributed by atoms with E-state index < -0.39 is 17.2 Å². The Hall–Kier alpha value is -1.16. The van der Waals surface area contributed by atoms with Gasteiger partial charge in [-0.2, -0.15) is 0 Å². The van der Waals surface area contributed by atoms with E-state index in [1.54, 1.807) is 0 Å². The summed E-state index contributed by atoms with van der Waals surface area (Å²) in [5.74, 6) is -1.18. The van der Waals surface area contributed by atoms with Crippen LogP contribution in [0.5, 0.6) is 0 Å². The molecule has 16 heavy (non-hydrogen) atoms. The summed E-state index contributed by atoms with van der Waals surface area (Å²) in [5, 5.41) is 2.43. The van der Waals surface area contributed by atoms with E-state index >= 15 is 0 Å². The number of rotatable bonds is 4. The van der Waals surface area contributed by atoms with Crippen LogP contribution in [0.4, 0.5) is 8.78 Å². The van der Waals surface area contributed by atoms with E-state index in [9.17, 15) is 13.6 Å². The first-order chi connectivity index (χ1) is 7.58. The van der Waals surface area contributed by atoms with Crippen molar-refractivity contribution in [1.29, 1.82) is 0 Å². The Morgan fingerprint density at radius 1 is 1.38 bits per heavy atom. The fourth-order valence-corrected chi connectivity index (χ4v) is 1.94. The molecule has 0 aliphatic heterocycles. The van der Waals surface area contributed by atoms with Gasteiger partial charge in [-0.15, -0.1) is 0 Å². The monoisotopic (exact) mass is 245 g/mol. The Labute approximate surface area is 96.6 Å². The molecule has 2 rings (SSSR count). The van der Waals surface area contributed by atoms with Crippen molar-refractivity contribution in [3.05, 3.63) is 34.4 Å². The third kappa shape index (κ3) is 2.02. The summed E-state index contributed by atoms with van der Waals surface area (Å²) in [4.78, 5) is 10.4. The number of halogens is 3. The summed E-state index contributed by atoms with van der Waals surface area (Å²) in [5.41, 5.74) is -0.298. The molecule has 0 radical (unpaired) electrons. The number of benzene rings is 1. The van der Waals surface area contributed by atoms with E-state index in [0.29, 0.717) is 6.41 Å². The smallest absolute Gasteiger partial charge is 0.207 e. The van der Waals surface area contributed by atoms with Crippen LogP contribution in [0.1, 0.15) is 18.4 Å². The summed E-state index contributed by atoms with van der Waals surface area (Å²) in [6, 6.07) is 2.04. The van der Waals surface area contributed by atoms with Crippen LogP contribution in [0, 0.1) is 11.6 Å². The van der Waals surface area contributed by atoms with E-state index in [1.165, 1.54) is 0 Å². The molecule has 1 amide bonds. The van der Waals surface area contributed by atoms with Gasteiger partial charge >= 0.3 is 0 Å². The number of carbonyl (C=O) groups excluding carboxylic acids is 1. The molecule has 1 aromatic rings. The molecule has 5 heteroatoms. The molecule has 1 saturated carbocycles. The molecule has 0 bridgehead atoms. The highest BCUT2D eigenvalue weighted by Gasteiger charge is 2.43. The normalized spacial score (nSPS) is 16.9. The molecule has 0 spiro atoms. The summed E-state index contributed by atoms with van der Waals surface area (Å²) < 4.78 is 26.6. The van der Waals surface area contributed by atoms with Gasteiger partial charge in [0.05, 0.1) is 5.02 Å². The predicted molar refractivity (Wildman–Crippen MR) is 56.2 cm³/mol. The molecule has 1 aliphatic carbocycles. The van der Waals surface area contributed by atoms with Gasteiger partial charge in [-0.1, -0.05) is 11.6 Å². The van der Waals surface area contributed by atoms with Crippen LogP contribution in [-0.2, 0) is 11.2 Å². The lowest BCUT2D eigenvalue weighted by atomic mass is 10.0. The summed E-state index contributed by atoms with van der Waals surface area (Å²) in [6.07, 6.45) is 2.34. The molecule has 1 N–H and O–H groups in total. The predicted octanol–water partition coefficient (Wildman–Crippen LogP) is 2.44. The quantitative estimate of drug-likeness (QED) is 0.641. The summed E-state index contributed by atoms with van der Waals surface area (Å²) in [6.45, 7) is 0. The van der Waals surface area contributed by atoms with Crippen molar-refractivity contribution in [2.45, 2.75) is 24.8 Å². The second kappa shape index (κ2) is 4.01. The highest BCUT2D eigenvalue weighted by atomic mass is 35.5. The number of carbonyl (C=O) groups is 1. The van der Waals surface area contributed by atoms with Gasteiger partial charge in [0.15, 0.2) is 0 Å². The van der Waals surface area contributed by atoms with Crippen LogP contribution in [0.25, 0.3) is 0 Å². The van der Waals surface area contributed by atoms with Crippen molar-refractivity contribution >= 4 is 18.0 Å². The molecule has 0 saturated heterocycles. The zero-order valence-corrected chi connectivity index (χ0v) is 9.15. The largest absolute Gasteiger partial charge is 0.353 e. The molecule has 1 aromatic carbocycles. The lowest BCUT2D eigenvalue weighted by Crippen LogP contribution is -2.32. The van der Waals surface area contributed by atoms with E-state index in [2.05, 4.69) is 5.32 Å². The first-order valence-electron chi connectivity index (χ1n) is 4.92. The van der Waals surface area contributed by atoms with Crippen LogP contribution in [0.15, 0.2) is 12.1 Å². The van der Waals surface area contributed by atoms with Crippen molar-refractivity contribution in [2.24, 2.45) is 0 Å². The van der Waals surface area contributed by atoms with E-state index in [-0.39, 0.29) is 17.0 Å². The highest BCUT2D eigenvalue weighted by molar-refractivity contribution is 6.31. The number of nitrogens with one attached hydrogen (secondary N) is 1. The summed E-state index contributed by atoms with van der Waals surface area (Å²) >= 11 is 5.70. The van der Waals surface area contributed by atoms with Crippen LogP contribution in [0.3, 0.4) is 0 Å². The molecule has 1 aliphatic rings. The Morgan fingerprint density at radius 2 is 2.00 bits per heavy atom. The second-order valence-corrected chi connectivity index (χ2v) is 4.42. The molecule has 0 atom stereocenters. The van der Waals surface area contributed by atoms with Crippen LogP contribution in [0.2, 0.25) is 5.02 Å². The highest BCUT2D eigenvalue weighted by Crippen LogP contribution is 2.40. The third-order valence-electron chi connectivity index (χ3n) is 2.87. The van der Waals surface area contributed by atoms with Gasteiger partial charge in [-0.25, -0.2) is 8.78 Å². The zero-order valence-electron chi connectivity index (χ0n) is 8.40. The zero-order chi connectivity index (χ0) is 11.8. The Morgan fingerprint density at radius 3 is 2.56 bits per heavy atom. The first-order valence-corrected chi connectivity index (χ1v) is 5.29. The van der Waals surface area contributed by atoms with Crippen molar-refractivity contribution in [3.63, 3.8) is 0 Å². The molecular formula is C11H10ClF2NO. The molecule has 1 fully saturated rings. The number of hydrogen-bond acceptors (Lipinski definition) is 1. The van der Waals surface area contributed by atoms with Crippen LogP contribution < -0.4 is 5.32 Å². The van der Waals surface area contributed by atoms with E-state index in [4.69, 9.17) is 11.6 Å². The van der Waals surface area contributed by atoms with Crippen molar-refractivity contribution in [3.8, 4) is 0 Å². The van der Waals surface area contributed by atoms with Gasteiger partial charge in [0.25, 0.3) is 0 Å². The maximum atomic E-state index is 13.5. The van der Waals surface area contributed by atoms with E-state index in [0.717, 1.165) is 25.0 Å². The van der Waals surface area contributed by atoms with Crippen molar-refractivity contribution in [2.75, 3.05) is 0 Å². The van der Waals surface area contributed by atoms with Gasteiger partial charge < -0.3 is 5.32 Å². The van der Waals surface area contributed by atoms with Crippen LogP contribution >= 0.6 is 11.6 Å². The summed E-state index contributed by atoms with van der Waals surface area (Å²) in [7, 11) is 0. The van der Waals surface area contributed by atoms with Gasteiger partial charge in [0.1, 0.15) is 11.6 Å². The van der Waals surface area contributed by atoms with Gasteiger partial charge in [-0.05, 0) is 31.4 Å². The van der Waals surface area contributed by atoms with Crippen molar-refractivity contribution in [1.82, 2.24) is 5.32 Å². The second-order valence-electron chi connectivity index (χ2n) is 4.04. The van der Waals surface area contributed by atoms with Crippen molar-refractivity contribution < 1.29 is 13.6 Å². The SMILES string of the molecule is O=CNC1(Cc2c(F)ccc(F)c2Cl)CC1. The minimum Gasteiger partial charge on any atom is -0.353 e. The average Bonchev–Trinajstić information content (AvgIpc) is 3.00. The third-order valence-corrected chi connectivity index (χ3v) is 3.28. The lowest BCUT2D eigenvalue weighted by molar-refractivity contribution is -0.110. The van der Waals surface area contributed by atoms with Gasteiger partial charge in [-0.3, -0.25) is 4.79 Å². The maximum Gasteiger partial charge on any atom is 0.207 e. The molecule has 0 aromatic heterocycles. The molecule has 0 unspecified atom stereocenters. The Balaban J connectivity index is 2.27. The number of hydrogen-bond donors (Lipinski definition) is 1. The van der Waals surface area contributed by atoms with E-state index in [1.807, 2.05) is 0 Å². The fourth-order valence-electron chi connectivity index (χ4n) is 1.72. The lowest BCUT2D eigenvalue weighted by Gasteiger charge is -2.15. The topological polar surface area (TPSA) is 29.1 Å². The Kier molecular flexibility index (Phi) is 2.84. The first kappa shape index (κ1) is 11.3. The van der Waals surface area contributed by atoms with Crippen LogP contribution in [-0.4, -0.2) is 11.9 Å². The molecule has 86 valence electrons. The standard InChI is InChI=1S/C11H10ClF2NO/c12-10-7(8(13)1-2-9(10)14)5-11(3-4-11)15-6-16/h1-2,6H,3-5H2,(H,15,16). The molecular weight excluding hydrogens is 236 g/mol. The molecule has 2 nitrogen and oxygen atoms in total. The molecule has 0 heterocycles.